The number of hydrogen-bond donors (Lipinski definition) is 1. The van der Waals surface area contributed by atoms with E-state index in [1.807, 2.05) is 31.2 Å². The van der Waals surface area contributed by atoms with E-state index in [0.29, 0.717) is 23.0 Å². The second-order valence-electron chi connectivity index (χ2n) is 7.65. The number of benzene rings is 2. The Labute approximate surface area is 175 Å². The molecule has 0 radical (unpaired) electrons. The van der Waals surface area contributed by atoms with Gasteiger partial charge in [0.15, 0.2) is 11.5 Å². The Morgan fingerprint density at radius 2 is 1.53 bits per heavy atom. The lowest BCUT2D eigenvalue weighted by atomic mass is 9.66. The Bertz CT molecular complexity index is 959. The van der Waals surface area contributed by atoms with Crippen LogP contribution in [0.3, 0.4) is 0 Å². The Morgan fingerprint density at radius 1 is 0.900 bits per heavy atom. The molecule has 0 aromatic heterocycles. The highest BCUT2D eigenvalue weighted by molar-refractivity contribution is 5.78. The normalized spacial score (nSPS) is 24.5. The van der Waals surface area contributed by atoms with Crippen LogP contribution >= 0.6 is 0 Å². The Kier molecular flexibility index (Phi) is 5.24. The molecule has 160 valence electrons. The number of hydrogen-bond acceptors (Lipinski definition) is 7. The van der Waals surface area contributed by atoms with Crippen molar-refractivity contribution in [3.63, 3.8) is 0 Å². The Hall–Kier alpha value is -2.93. The molecule has 1 N–H and O–H groups in total. The van der Waals surface area contributed by atoms with Crippen LogP contribution in [0.1, 0.15) is 34.3 Å². The van der Waals surface area contributed by atoms with Gasteiger partial charge in [-0.1, -0.05) is 0 Å². The molecule has 1 fully saturated rings. The zero-order valence-electron chi connectivity index (χ0n) is 17.7. The van der Waals surface area contributed by atoms with Gasteiger partial charge in [0.1, 0.15) is 5.75 Å². The third-order valence-electron chi connectivity index (χ3n) is 6.22. The van der Waals surface area contributed by atoms with Crippen LogP contribution in [0.5, 0.6) is 23.0 Å². The molecule has 7 nitrogen and oxygen atoms in total. The van der Waals surface area contributed by atoms with Crippen molar-refractivity contribution in [3.05, 3.63) is 46.5 Å². The molecule has 4 atom stereocenters. The fraction of sp³-hybridized carbons (Fsp3) is 0.435. The fourth-order valence-electron chi connectivity index (χ4n) is 4.79. The summed E-state index contributed by atoms with van der Waals surface area (Å²) in [5.74, 6) is 0.650. The number of methoxy groups -OCH3 is 4. The van der Waals surface area contributed by atoms with Crippen LogP contribution in [0.15, 0.2) is 24.3 Å². The van der Waals surface area contributed by atoms with Crippen LogP contribution in [-0.2, 0) is 9.53 Å². The van der Waals surface area contributed by atoms with Gasteiger partial charge in [-0.15, -0.1) is 0 Å². The van der Waals surface area contributed by atoms with Gasteiger partial charge < -0.3 is 28.8 Å². The molecule has 1 aliphatic carbocycles. The van der Waals surface area contributed by atoms with Crippen molar-refractivity contribution < 1.29 is 33.6 Å². The van der Waals surface area contributed by atoms with Crippen LogP contribution < -0.4 is 18.9 Å². The molecular weight excluding hydrogens is 388 g/mol. The van der Waals surface area contributed by atoms with Crippen molar-refractivity contribution in [1.82, 2.24) is 0 Å². The van der Waals surface area contributed by atoms with E-state index in [1.165, 1.54) is 0 Å². The molecule has 1 unspecified atom stereocenters. The van der Waals surface area contributed by atoms with Crippen LogP contribution in [0.25, 0.3) is 0 Å². The number of aliphatic hydroxyl groups excluding tert-OH is 1. The van der Waals surface area contributed by atoms with Crippen molar-refractivity contribution >= 4 is 5.97 Å². The number of carbonyl (C=O) groups is 1. The number of cyclic esters (lactones) is 1. The fourth-order valence-corrected chi connectivity index (χ4v) is 4.79. The molecular formula is C23H26O7. The van der Waals surface area contributed by atoms with Gasteiger partial charge in [0, 0.05) is 11.8 Å². The first-order chi connectivity index (χ1) is 14.4. The lowest BCUT2D eigenvalue weighted by Crippen LogP contribution is -2.34. The second-order valence-corrected chi connectivity index (χ2v) is 7.65. The molecule has 4 rings (SSSR count). The largest absolute Gasteiger partial charge is 0.496 e. The molecule has 0 bridgehead atoms. The van der Waals surface area contributed by atoms with Crippen LogP contribution in [-0.4, -0.2) is 46.1 Å². The number of aliphatic hydroxyl groups is 1. The van der Waals surface area contributed by atoms with Crippen LogP contribution in [0.2, 0.25) is 0 Å². The van der Waals surface area contributed by atoms with Crippen LogP contribution in [0.4, 0.5) is 0 Å². The number of aryl methyl sites for hydroxylation is 1. The molecule has 30 heavy (non-hydrogen) atoms. The lowest BCUT2D eigenvalue weighted by Gasteiger charge is -2.37. The summed E-state index contributed by atoms with van der Waals surface area (Å²) in [7, 11) is 6.26. The van der Waals surface area contributed by atoms with Gasteiger partial charge in [-0.25, -0.2) is 0 Å². The second kappa shape index (κ2) is 7.72. The first-order valence-corrected chi connectivity index (χ1v) is 9.78. The quantitative estimate of drug-likeness (QED) is 0.753. The van der Waals surface area contributed by atoms with Gasteiger partial charge in [-0.05, 0) is 53.4 Å². The molecule has 1 saturated heterocycles. The maximum atomic E-state index is 12.7. The lowest BCUT2D eigenvalue weighted by molar-refractivity contribution is -0.141. The van der Waals surface area contributed by atoms with Crippen molar-refractivity contribution in [3.8, 4) is 23.0 Å². The highest BCUT2D eigenvalue weighted by Gasteiger charge is 2.52. The summed E-state index contributed by atoms with van der Waals surface area (Å²) in [6.07, 6.45) is -0.792. The van der Waals surface area contributed by atoms with Gasteiger partial charge in [-0.3, -0.25) is 4.79 Å². The molecule has 0 amide bonds. The Morgan fingerprint density at radius 3 is 2.10 bits per heavy atom. The molecule has 1 aliphatic heterocycles. The van der Waals surface area contributed by atoms with E-state index in [0.717, 1.165) is 22.3 Å². The zero-order chi connectivity index (χ0) is 21.6. The van der Waals surface area contributed by atoms with E-state index in [2.05, 4.69) is 0 Å². The van der Waals surface area contributed by atoms with Gasteiger partial charge in [0.2, 0.25) is 5.75 Å². The highest BCUT2D eigenvalue weighted by Crippen LogP contribution is 2.54. The summed E-state index contributed by atoms with van der Waals surface area (Å²) in [4.78, 5) is 12.7. The van der Waals surface area contributed by atoms with Crippen molar-refractivity contribution in [1.29, 1.82) is 0 Å². The molecule has 2 aromatic carbocycles. The molecule has 1 heterocycles. The Balaban J connectivity index is 1.98. The first kappa shape index (κ1) is 20.3. The van der Waals surface area contributed by atoms with Gasteiger partial charge in [0.05, 0.1) is 47.1 Å². The number of ether oxygens (including phenoxy) is 5. The smallest absolute Gasteiger partial charge is 0.310 e. The highest BCUT2D eigenvalue weighted by atomic mass is 16.5. The first-order valence-electron chi connectivity index (χ1n) is 9.78. The van der Waals surface area contributed by atoms with E-state index in [1.54, 1.807) is 28.4 Å². The van der Waals surface area contributed by atoms with E-state index in [9.17, 15) is 9.90 Å². The summed E-state index contributed by atoms with van der Waals surface area (Å²) in [6, 6.07) is 7.54. The third kappa shape index (κ3) is 2.96. The minimum absolute atomic E-state index is 0.191. The summed E-state index contributed by atoms with van der Waals surface area (Å²) < 4.78 is 27.4. The summed E-state index contributed by atoms with van der Waals surface area (Å²) in [5.41, 5.74) is 3.35. The number of rotatable bonds is 5. The number of carbonyl (C=O) groups excluding carboxylic acids is 1. The summed E-state index contributed by atoms with van der Waals surface area (Å²) >= 11 is 0. The van der Waals surface area contributed by atoms with E-state index >= 15 is 0 Å². The van der Waals surface area contributed by atoms with Gasteiger partial charge in [0.25, 0.3) is 0 Å². The molecule has 0 spiro atoms. The summed E-state index contributed by atoms with van der Waals surface area (Å²) in [6.45, 7) is 2.12. The van der Waals surface area contributed by atoms with Gasteiger partial charge >= 0.3 is 5.97 Å². The molecule has 2 aromatic rings. The van der Waals surface area contributed by atoms with Crippen molar-refractivity contribution in [2.24, 2.45) is 11.8 Å². The molecule has 0 saturated carbocycles. The van der Waals surface area contributed by atoms with Crippen LogP contribution in [0, 0.1) is 18.8 Å². The number of fused-ring (bicyclic) bond motifs is 2. The molecule has 7 heteroatoms. The van der Waals surface area contributed by atoms with Gasteiger partial charge in [-0.2, -0.15) is 0 Å². The average molecular weight is 414 g/mol. The monoisotopic (exact) mass is 414 g/mol. The SMILES string of the molecule is COc1cc2c(cc1C)[C@H](O)C1COC(=O)[C@@H]1[C@@H]2c1cc(OC)c(OC)c(OC)c1. The molecule has 2 aliphatic rings. The predicted octanol–water partition coefficient (Wildman–Crippen LogP) is 3.00. The van der Waals surface area contributed by atoms with E-state index < -0.39 is 12.0 Å². The third-order valence-corrected chi connectivity index (χ3v) is 6.22. The van der Waals surface area contributed by atoms with E-state index in [-0.39, 0.29) is 24.4 Å². The maximum absolute atomic E-state index is 12.7. The average Bonchev–Trinajstić information content (AvgIpc) is 3.14. The van der Waals surface area contributed by atoms with Crippen molar-refractivity contribution in [2.75, 3.05) is 35.0 Å². The maximum Gasteiger partial charge on any atom is 0.310 e. The topological polar surface area (TPSA) is 83.5 Å². The van der Waals surface area contributed by atoms with E-state index in [4.69, 9.17) is 23.7 Å². The predicted molar refractivity (Wildman–Crippen MR) is 109 cm³/mol. The zero-order valence-corrected chi connectivity index (χ0v) is 17.7. The standard InChI is InChI=1S/C23H26O7/c1-11-6-14-13(9-16(11)26-2)19(20-15(21(14)24)10-30-23(20)25)12-7-17(27-3)22(29-5)18(8-12)28-4/h6-9,15,19-21,24H,10H2,1-5H3/t15?,19-,20+,21+/m1/s1. The van der Waals surface area contributed by atoms with Crippen molar-refractivity contribution in [2.45, 2.75) is 18.9 Å². The minimum Gasteiger partial charge on any atom is -0.496 e. The minimum atomic E-state index is -0.792. The number of esters is 1. The summed E-state index contributed by atoms with van der Waals surface area (Å²) in [5, 5.41) is 11.0.